The van der Waals surface area contributed by atoms with Crippen molar-refractivity contribution in [2.45, 2.75) is 0 Å². The second-order valence-corrected chi connectivity index (χ2v) is 3.76. The summed E-state index contributed by atoms with van der Waals surface area (Å²) in [7, 11) is 0. The predicted molar refractivity (Wildman–Crippen MR) is 53.9 cm³/mol. The standard InChI is InChI=1S/C9H6GeNOS/c10-12-8-4-2-1-3-7(8)9-11-5-6-13-9/h1-6H. The van der Waals surface area contributed by atoms with Gasteiger partial charge in [-0.15, -0.1) is 0 Å². The van der Waals surface area contributed by atoms with Crippen LogP contribution in [0.5, 0.6) is 5.75 Å². The topological polar surface area (TPSA) is 22.1 Å². The third-order valence-electron chi connectivity index (χ3n) is 1.66. The molecule has 13 heavy (non-hydrogen) atoms. The molecular weight excluding hydrogens is 243 g/mol. The quantitative estimate of drug-likeness (QED) is 0.761. The van der Waals surface area contributed by atoms with Crippen LogP contribution in [0.1, 0.15) is 0 Å². The molecule has 0 spiro atoms. The predicted octanol–water partition coefficient (Wildman–Crippen LogP) is 2.27. The Morgan fingerprint density at radius 1 is 1.31 bits per heavy atom. The van der Waals surface area contributed by atoms with Gasteiger partial charge in [-0.3, -0.25) is 0 Å². The number of benzene rings is 1. The number of hydrogen-bond donors (Lipinski definition) is 0. The average molecular weight is 249 g/mol. The van der Waals surface area contributed by atoms with E-state index in [4.69, 9.17) is 3.76 Å². The second kappa shape index (κ2) is 3.93. The Labute approximate surface area is 89.2 Å². The van der Waals surface area contributed by atoms with Crippen molar-refractivity contribution >= 4 is 28.2 Å². The summed E-state index contributed by atoms with van der Waals surface area (Å²) >= 11 is 3.29. The summed E-state index contributed by atoms with van der Waals surface area (Å²) in [6.07, 6.45) is 1.80. The minimum absolute atomic E-state index is 0.873. The van der Waals surface area contributed by atoms with Gasteiger partial charge in [0.05, 0.1) is 0 Å². The Morgan fingerprint density at radius 2 is 2.15 bits per heavy atom. The summed E-state index contributed by atoms with van der Waals surface area (Å²) in [6.45, 7) is 0. The Balaban J connectivity index is 2.51. The molecule has 0 saturated heterocycles. The van der Waals surface area contributed by atoms with Gasteiger partial charge < -0.3 is 0 Å². The fraction of sp³-hybridized carbons (Fsp3) is 0. The zero-order chi connectivity index (χ0) is 9.10. The molecule has 2 aromatic rings. The van der Waals surface area contributed by atoms with Crippen LogP contribution in [-0.4, -0.2) is 21.8 Å². The van der Waals surface area contributed by atoms with Crippen molar-refractivity contribution in [2.75, 3.05) is 0 Å². The summed E-state index contributed by atoms with van der Waals surface area (Å²) < 4.78 is 5.24. The first kappa shape index (κ1) is 8.78. The Morgan fingerprint density at radius 3 is 2.85 bits per heavy atom. The van der Waals surface area contributed by atoms with Gasteiger partial charge in [0.2, 0.25) is 0 Å². The van der Waals surface area contributed by atoms with Gasteiger partial charge >= 0.3 is 89.1 Å². The van der Waals surface area contributed by atoms with Crippen LogP contribution in [0, 0.1) is 0 Å². The molecule has 2 rings (SSSR count). The third-order valence-corrected chi connectivity index (χ3v) is 2.93. The summed E-state index contributed by atoms with van der Waals surface area (Å²) in [5, 5.41) is 2.96. The molecule has 0 amide bonds. The van der Waals surface area contributed by atoms with E-state index in [0.29, 0.717) is 0 Å². The van der Waals surface area contributed by atoms with Gasteiger partial charge in [-0.05, 0) is 0 Å². The van der Waals surface area contributed by atoms with E-state index in [1.54, 1.807) is 34.4 Å². The average Bonchev–Trinajstić information content (AvgIpc) is 2.70. The molecule has 2 nitrogen and oxygen atoms in total. The number of nitrogens with zero attached hydrogens (tertiary/aromatic N) is 1. The minimum atomic E-state index is 0.873. The molecule has 1 aromatic heterocycles. The van der Waals surface area contributed by atoms with E-state index in [0.717, 1.165) is 16.3 Å². The van der Waals surface area contributed by atoms with E-state index in [1.165, 1.54) is 0 Å². The van der Waals surface area contributed by atoms with Gasteiger partial charge in [0.1, 0.15) is 0 Å². The van der Waals surface area contributed by atoms with E-state index in [9.17, 15) is 0 Å². The first-order chi connectivity index (χ1) is 6.42. The van der Waals surface area contributed by atoms with Crippen LogP contribution in [0.2, 0.25) is 0 Å². The van der Waals surface area contributed by atoms with E-state index < -0.39 is 0 Å². The summed E-state index contributed by atoms with van der Waals surface area (Å²) in [6, 6.07) is 7.89. The fourth-order valence-electron chi connectivity index (χ4n) is 1.09. The molecule has 0 aliphatic carbocycles. The van der Waals surface area contributed by atoms with Crippen molar-refractivity contribution in [3.8, 4) is 16.3 Å². The van der Waals surface area contributed by atoms with Crippen LogP contribution >= 0.6 is 11.3 Å². The van der Waals surface area contributed by atoms with Gasteiger partial charge in [0.25, 0.3) is 0 Å². The molecule has 63 valence electrons. The molecule has 3 radical (unpaired) electrons. The first-order valence-corrected chi connectivity index (χ1v) is 5.48. The molecule has 0 aliphatic rings. The Bertz CT molecular complexity index is 388. The Kier molecular flexibility index (Phi) is 2.66. The summed E-state index contributed by atoms with van der Waals surface area (Å²) in [5.74, 6) is 0.873. The van der Waals surface area contributed by atoms with Crippen molar-refractivity contribution in [1.29, 1.82) is 0 Å². The molecule has 0 aliphatic heterocycles. The summed E-state index contributed by atoms with van der Waals surface area (Å²) in [5.41, 5.74) is 1.06. The maximum absolute atomic E-state index is 5.24. The van der Waals surface area contributed by atoms with Crippen LogP contribution in [-0.2, 0) is 0 Å². The van der Waals surface area contributed by atoms with E-state index in [1.807, 2.05) is 29.6 Å². The van der Waals surface area contributed by atoms with E-state index in [2.05, 4.69) is 4.98 Å². The van der Waals surface area contributed by atoms with Gasteiger partial charge in [0.15, 0.2) is 0 Å². The van der Waals surface area contributed by atoms with Crippen molar-refractivity contribution in [1.82, 2.24) is 4.98 Å². The molecular formula is C9H6GeNOS. The number of hydrogen-bond acceptors (Lipinski definition) is 3. The molecule has 1 aromatic carbocycles. The van der Waals surface area contributed by atoms with Gasteiger partial charge in [-0.25, -0.2) is 0 Å². The van der Waals surface area contributed by atoms with Crippen LogP contribution in [0.15, 0.2) is 35.8 Å². The van der Waals surface area contributed by atoms with Gasteiger partial charge in [-0.1, -0.05) is 0 Å². The van der Waals surface area contributed by atoms with Crippen molar-refractivity contribution < 1.29 is 3.76 Å². The zero-order valence-electron chi connectivity index (χ0n) is 6.73. The molecule has 0 bridgehead atoms. The van der Waals surface area contributed by atoms with Crippen LogP contribution in [0.25, 0.3) is 10.6 Å². The SMILES string of the molecule is [Ge][O]c1ccccc1-c1nccs1. The molecule has 0 saturated carbocycles. The normalized spacial score (nSPS) is 9.92. The van der Waals surface area contributed by atoms with Crippen LogP contribution in [0.4, 0.5) is 0 Å². The molecule has 0 atom stereocenters. The zero-order valence-corrected chi connectivity index (χ0v) is 9.64. The number of rotatable bonds is 2. The second-order valence-electron chi connectivity index (χ2n) is 2.44. The third kappa shape index (κ3) is 1.76. The number of thiazole rings is 1. The summed E-state index contributed by atoms with van der Waals surface area (Å²) in [4.78, 5) is 4.23. The number of para-hydroxylation sites is 1. The molecule has 1 heterocycles. The number of aromatic nitrogens is 1. The van der Waals surface area contributed by atoms with Crippen molar-refractivity contribution in [3.63, 3.8) is 0 Å². The first-order valence-electron chi connectivity index (χ1n) is 3.74. The monoisotopic (exact) mass is 250 g/mol. The van der Waals surface area contributed by atoms with Crippen LogP contribution in [0.3, 0.4) is 0 Å². The molecule has 4 heteroatoms. The molecule has 0 fully saturated rings. The fourth-order valence-corrected chi connectivity index (χ4v) is 2.13. The van der Waals surface area contributed by atoms with E-state index in [-0.39, 0.29) is 0 Å². The maximum atomic E-state index is 5.24. The van der Waals surface area contributed by atoms with E-state index >= 15 is 0 Å². The Hall–Kier alpha value is -0.807. The van der Waals surface area contributed by atoms with Crippen molar-refractivity contribution in [3.05, 3.63) is 35.8 Å². The van der Waals surface area contributed by atoms with Crippen molar-refractivity contribution in [2.24, 2.45) is 0 Å². The van der Waals surface area contributed by atoms with Gasteiger partial charge in [-0.2, -0.15) is 0 Å². The van der Waals surface area contributed by atoms with Crippen LogP contribution < -0.4 is 3.76 Å². The van der Waals surface area contributed by atoms with Gasteiger partial charge in [0, 0.05) is 0 Å². The molecule has 0 unspecified atom stereocenters. The molecule has 0 N–H and O–H groups in total.